The molecule has 5 nitrogen and oxygen atoms in total. The van der Waals surface area contributed by atoms with E-state index in [4.69, 9.17) is 14.2 Å². The summed E-state index contributed by atoms with van der Waals surface area (Å²) in [4.78, 5) is 21.6. The molecule has 0 saturated heterocycles. The fraction of sp³-hybridized carbons (Fsp3) is 0.273. The maximum absolute atomic E-state index is 10.8. The van der Waals surface area contributed by atoms with Crippen LogP contribution in [-0.4, -0.2) is 33.6 Å². The number of carbonyl (C=O) groups excluding carboxylic acids is 2. The number of rotatable bonds is 6. The van der Waals surface area contributed by atoms with Crippen LogP contribution >= 0.6 is 0 Å². The van der Waals surface area contributed by atoms with Gasteiger partial charge in [0.25, 0.3) is 0 Å². The van der Waals surface area contributed by atoms with Crippen molar-refractivity contribution in [3.05, 3.63) is 23.3 Å². The van der Waals surface area contributed by atoms with Crippen LogP contribution in [0.15, 0.2) is 12.1 Å². The number of benzene rings is 1. The van der Waals surface area contributed by atoms with Crippen molar-refractivity contribution in [2.24, 2.45) is 0 Å². The molecule has 0 spiro atoms. The van der Waals surface area contributed by atoms with Crippen LogP contribution in [0.25, 0.3) is 0 Å². The average molecular weight is 224 g/mol. The van der Waals surface area contributed by atoms with Crippen LogP contribution in [0, 0.1) is 0 Å². The highest BCUT2D eigenvalue weighted by atomic mass is 16.7. The fourth-order valence-corrected chi connectivity index (χ4v) is 1.21. The van der Waals surface area contributed by atoms with Crippen LogP contribution in [0.5, 0.6) is 11.5 Å². The van der Waals surface area contributed by atoms with Crippen LogP contribution in [0.1, 0.15) is 20.7 Å². The molecule has 0 fully saturated rings. The molecule has 0 atom stereocenters. The van der Waals surface area contributed by atoms with E-state index in [0.29, 0.717) is 18.3 Å². The van der Waals surface area contributed by atoms with Gasteiger partial charge in [0.2, 0.25) is 0 Å². The first-order valence-corrected chi connectivity index (χ1v) is 4.51. The van der Waals surface area contributed by atoms with Crippen molar-refractivity contribution >= 4 is 12.6 Å². The highest BCUT2D eigenvalue weighted by molar-refractivity contribution is 5.93. The minimum absolute atomic E-state index is 0.00763. The van der Waals surface area contributed by atoms with Gasteiger partial charge in [0.05, 0.1) is 12.7 Å². The molecule has 5 heteroatoms. The molecule has 0 unspecified atom stereocenters. The molecule has 86 valence electrons. The van der Waals surface area contributed by atoms with Crippen LogP contribution < -0.4 is 9.47 Å². The minimum atomic E-state index is -0.00763. The lowest BCUT2D eigenvalue weighted by Gasteiger charge is -2.10. The Bertz CT molecular complexity index is 386. The summed E-state index contributed by atoms with van der Waals surface area (Å²) in [5.41, 5.74) is 0.410. The third-order valence-corrected chi connectivity index (χ3v) is 1.96. The van der Waals surface area contributed by atoms with Crippen LogP contribution in [0.3, 0.4) is 0 Å². The molecular weight excluding hydrogens is 212 g/mol. The van der Waals surface area contributed by atoms with Gasteiger partial charge in [-0.25, -0.2) is 0 Å². The zero-order valence-corrected chi connectivity index (χ0v) is 9.06. The quantitative estimate of drug-likeness (QED) is 0.538. The van der Waals surface area contributed by atoms with Crippen molar-refractivity contribution in [2.75, 3.05) is 21.0 Å². The first kappa shape index (κ1) is 12.2. The molecule has 0 aromatic heterocycles. The van der Waals surface area contributed by atoms with Gasteiger partial charge < -0.3 is 14.2 Å². The Morgan fingerprint density at radius 2 is 1.94 bits per heavy atom. The summed E-state index contributed by atoms with van der Waals surface area (Å²) in [7, 11) is 2.92. The lowest BCUT2D eigenvalue weighted by Crippen LogP contribution is -2.04. The van der Waals surface area contributed by atoms with E-state index in [-0.39, 0.29) is 23.7 Å². The number of hydrogen-bond donors (Lipinski definition) is 0. The second-order valence-electron chi connectivity index (χ2n) is 2.92. The van der Waals surface area contributed by atoms with Crippen molar-refractivity contribution < 1.29 is 23.8 Å². The molecule has 0 amide bonds. The van der Waals surface area contributed by atoms with E-state index in [1.54, 1.807) is 0 Å². The predicted molar refractivity (Wildman–Crippen MR) is 56.3 cm³/mol. The average Bonchev–Trinajstić information content (AvgIpc) is 2.34. The van der Waals surface area contributed by atoms with Gasteiger partial charge in [0, 0.05) is 18.7 Å². The maximum Gasteiger partial charge on any atom is 0.188 e. The Hall–Kier alpha value is -1.88. The molecule has 0 aliphatic carbocycles. The molecule has 0 aliphatic rings. The standard InChI is InChI=1S/C11H12O5/c1-14-7-16-11-4-9(15-2)3-8(5-12)10(11)6-13/h3-6H,7H2,1-2H3. The van der Waals surface area contributed by atoms with Gasteiger partial charge in [0.1, 0.15) is 11.5 Å². The van der Waals surface area contributed by atoms with E-state index in [1.165, 1.54) is 26.4 Å². The zero-order chi connectivity index (χ0) is 12.0. The fourth-order valence-electron chi connectivity index (χ4n) is 1.21. The van der Waals surface area contributed by atoms with Crippen molar-refractivity contribution in [2.45, 2.75) is 0 Å². The van der Waals surface area contributed by atoms with Gasteiger partial charge in [-0.15, -0.1) is 0 Å². The van der Waals surface area contributed by atoms with Crippen molar-refractivity contribution in [1.29, 1.82) is 0 Å². The molecule has 16 heavy (non-hydrogen) atoms. The molecule has 1 aromatic carbocycles. The summed E-state index contributed by atoms with van der Waals surface area (Å²) in [5, 5.41) is 0. The topological polar surface area (TPSA) is 61.8 Å². The predicted octanol–water partition coefficient (Wildman–Crippen LogP) is 1.30. The van der Waals surface area contributed by atoms with Crippen molar-refractivity contribution in [3.63, 3.8) is 0 Å². The zero-order valence-electron chi connectivity index (χ0n) is 9.06. The normalized spacial score (nSPS) is 9.62. The lowest BCUT2D eigenvalue weighted by atomic mass is 10.1. The lowest BCUT2D eigenvalue weighted by molar-refractivity contribution is 0.0503. The van der Waals surface area contributed by atoms with E-state index in [1.807, 2.05) is 0 Å². The molecule has 1 rings (SSSR count). The number of aldehydes is 2. The van der Waals surface area contributed by atoms with E-state index in [9.17, 15) is 9.59 Å². The molecule has 0 aliphatic heterocycles. The van der Waals surface area contributed by atoms with Gasteiger partial charge in [-0.2, -0.15) is 0 Å². The third-order valence-electron chi connectivity index (χ3n) is 1.96. The van der Waals surface area contributed by atoms with Gasteiger partial charge in [-0.05, 0) is 6.07 Å². The summed E-state index contributed by atoms with van der Waals surface area (Å²) < 4.78 is 14.9. The molecule has 0 N–H and O–H groups in total. The first-order chi connectivity index (χ1) is 7.76. The molecule has 0 radical (unpaired) electrons. The Kier molecular flexibility index (Phi) is 4.47. The van der Waals surface area contributed by atoms with Gasteiger partial charge in [-0.1, -0.05) is 0 Å². The van der Waals surface area contributed by atoms with Crippen molar-refractivity contribution in [1.82, 2.24) is 0 Å². The third kappa shape index (κ3) is 2.58. The number of hydrogen-bond acceptors (Lipinski definition) is 5. The molecule has 0 bridgehead atoms. The summed E-state index contributed by atoms with van der Waals surface area (Å²) in [6.45, 7) is -0.00763. The highest BCUT2D eigenvalue weighted by Crippen LogP contribution is 2.26. The van der Waals surface area contributed by atoms with E-state index >= 15 is 0 Å². The number of ether oxygens (including phenoxy) is 3. The highest BCUT2D eigenvalue weighted by Gasteiger charge is 2.11. The summed E-state index contributed by atoms with van der Waals surface area (Å²) in [6, 6.07) is 2.99. The van der Waals surface area contributed by atoms with E-state index in [2.05, 4.69) is 0 Å². The van der Waals surface area contributed by atoms with Crippen LogP contribution in [0.4, 0.5) is 0 Å². The molecule has 0 saturated carbocycles. The molecule has 0 heterocycles. The van der Waals surface area contributed by atoms with Crippen molar-refractivity contribution in [3.8, 4) is 11.5 Å². The Morgan fingerprint density at radius 3 is 2.44 bits per heavy atom. The summed E-state index contributed by atoms with van der Waals surface area (Å²) in [6.07, 6.45) is 1.14. The summed E-state index contributed by atoms with van der Waals surface area (Å²) >= 11 is 0. The Labute approximate surface area is 92.9 Å². The first-order valence-electron chi connectivity index (χ1n) is 4.51. The molecular formula is C11H12O5. The number of methoxy groups -OCH3 is 2. The SMILES string of the molecule is COCOc1cc(OC)cc(C=O)c1C=O. The van der Waals surface area contributed by atoms with Crippen LogP contribution in [0.2, 0.25) is 0 Å². The Morgan fingerprint density at radius 1 is 1.19 bits per heavy atom. The Balaban J connectivity index is 3.19. The number of carbonyl (C=O) groups is 2. The van der Waals surface area contributed by atoms with E-state index in [0.717, 1.165) is 0 Å². The second kappa shape index (κ2) is 5.87. The van der Waals surface area contributed by atoms with Gasteiger partial charge >= 0.3 is 0 Å². The maximum atomic E-state index is 10.8. The van der Waals surface area contributed by atoms with Crippen LogP contribution in [-0.2, 0) is 4.74 Å². The van der Waals surface area contributed by atoms with Gasteiger partial charge in [-0.3, -0.25) is 9.59 Å². The smallest absolute Gasteiger partial charge is 0.188 e. The molecule has 1 aromatic rings. The monoisotopic (exact) mass is 224 g/mol. The summed E-state index contributed by atoms with van der Waals surface area (Å²) in [5.74, 6) is 0.706. The second-order valence-corrected chi connectivity index (χ2v) is 2.92. The van der Waals surface area contributed by atoms with Gasteiger partial charge in [0.15, 0.2) is 19.4 Å². The van der Waals surface area contributed by atoms with E-state index < -0.39 is 0 Å². The largest absolute Gasteiger partial charge is 0.497 e. The minimum Gasteiger partial charge on any atom is -0.497 e.